The van der Waals surface area contributed by atoms with Crippen LogP contribution < -0.4 is 20.5 Å². The number of methoxy groups -OCH3 is 1. The number of carbonyl (C=O) groups excluding carboxylic acids is 1. The number of nitrogens with zero attached hydrogens (tertiary/aromatic N) is 1. The van der Waals surface area contributed by atoms with Gasteiger partial charge in [-0.2, -0.15) is 4.31 Å². The van der Waals surface area contributed by atoms with Crippen LogP contribution in [-0.4, -0.2) is 51.5 Å². The van der Waals surface area contributed by atoms with E-state index in [1.165, 1.54) is 23.5 Å². The Bertz CT molecular complexity index is 719. The smallest absolute Gasteiger partial charge is 0.262 e. The summed E-state index contributed by atoms with van der Waals surface area (Å²) in [5, 5.41) is 2.62. The van der Waals surface area contributed by atoms with E-state index < -0.39 is 10.0 Å². The maximum absolute atomic E-state index is 12.8. The number of rotatable bonds is 3. The van der Waals surface area contributed by atoms with Gasteiger partial charge in [-0.25, -0.2) is 8.42 Å². The maximum atomic E-state index is 12.8. The van der Waals surface area contributed by atoms with Gasteiger partial charge in [0.25, 0.3) is 5.91 Å². The van der Waals surface area contributed by atoms with Crippen molar-refractivity contribution in [1.29, 1.82) is 0 Å². The topological polar surface area (TPSA) is 111 Å². The third-order valence-corrected chi connectivity index (χ3v) is 5.59. The molecular formula is C13H17N3O5S. The van der Waals surface area contributed by atoms with E-state index in [4.69, 9.17) is 15.2 Å². The molecule has 3 rings (SSSR count). The molecule has 22 heavy (non-hydrogen) atoms. The van der Waals surface area contributed by atoms with E-state index in [2.05, 4.69) is 5.32 Å². The van der Waals surface area contributed by atoms with Crippen LogP contribution in [0.2, 0.25) is 0 Å². The number of anilines is 1. The molecule has 0 spiro atoms. The Morgan fingerprint density at radius 3 is 2.86 bits per heavy atom. The Balaban J connectivity index is 2.04. The summed E-state index contributed by atoms with van der Waals surface area (Å²) in [6, 6.07) is 2.68. The molecule has 0 radical (unpaired) electrons. The quantitative estimate of drug-likeness (QED) is 0.792. The molecule has 1 fully saturated rings. The molecule has 0 aliphatic carbocycles. The van der Waals surface area contributed by atoms with Crippen LogP contribution in [0.3, 0.4) is 0 Å². The van der Waals surface area contributed by atoms with Crippen molar-refractivity contribution in [2.24, 2.45) is 5.73 Å². The van der Waals surface area contributed by atoms with Crippen LogP contribution in [0.1, 0.15) is 6.42 Å². The average Bonchev–Trinajstić information content (AvgIpc) is 2.93. The lowest BCUT2D eigenvalue weighted by atomic mass is 10.2. The summed E-state index contributed by atoms with van der Waals surface area (Å²) < 4.78 is 37.3. The molecule has 3 N–H and O–H groups in total. The highest BCUT2D eigenvalue weighted by Gasteiger charge is 2.34. The first-order valence-corrected chi connectivity index (χ1v) is 8.26. The van der Waals surface area contributed by atoms with Gasteiger partial charge < -0.3 is 20.5 Å². The molecule has 1 aromatic carbocycles. The highest BCUT2D eigenvalue weighted by atomic mass is 32.2. The highest BCUT2D eigenvalue weighted by Crippen LogP contribution is 2.38. The molecule has 120 valence electrons. The fraction of sp³-hybridized carbons (Fsp3) is 0.462. The van der Waals surface area contributed by atoms with E-state index in [-0.39, 0.29) is 35.7 Å². The number of carbonyl (C=O) groups is 1. The summed E-state index contributed by atoms with van der Waals surface area (Å²) >= 11 is 0. The summed E-state index contributed by atoms with van der Waals surface area (Å²) in [5.41, 5.74) is 6.18. The highest BCUT2D eigenvalue weighted by molar-refractivity contribution is 7.89. The van der Waals surface area contributed by atoms with Crippen molar-refractivity contribution in [3.05, 3.63) is 12.1 Å². The van der Waals surface area contributed by atoms with Crippen LogP contribution in [0, 0.1) is 0 Å². The number of nitrogens with two attached hydrogens (primary N) is 1. The second-order valence-electron chi connectivity index (χ2n) is 5.25. The largest absolute Gasteiger partial charge is 0.495 e. The third-order valence-electron chi connectivity index (χ3n) is 3.70. The Morgan fingerprint density at radius 2 is 2.23 bits per heavy atom. The molecule has 1 unspecified atom stereocenters. The minimum Gasteiger partial charge on any atom is -0.495 e. The fourth-order valence-electron chi connectivity index (χ4n) is 2.56. The number of benzene rings is 1. The van der Waals surface area contributed by atoms with Crippen LogP contribution in [-0.2, 0) is 14.8 Å². The number of hydrogen-bond acceptors (Lipinski definition) is 6. The van der Waals surface area contributed by atoms with Crippen molar-refractivity contribution in [3.8, 4) is 11.5 Å². The van der Waals surface area contributed by atoms with Crippen LogP contribution in [0.15, 0.2) is 17.0 Å². The molecule has 0 aromatic heterocycles. The number of ether oxygens (including phenoxy) is 2. The second kappa shape index (κ2) is 5.41. The number of hydrogen-bond donors (Lipinski definition) is 2. The normalized spacial score (nSPS) is 21.9. The number of sulfonamides is 1. The summed E-state index contributed by atoms with van der Waals surface area (Å²) in [5.74, 6) is 0.170. The van der Waals surface area contributed by atoms with Crippen molar-refractivity contribution in [2.75, 3.05) is 32.1 Å². The molecule has 1 amide bonds. The standard InChI is InChI=1S/C13H17N3O5S/c1-20-11-4-9-10(21-7-13(17)15-9)5-12(11)22(18,19)16-3-2-8(14)6-16/h4-5,8H,2-3,6-7,14H2,1H3,(H,15,17). The Hall–Kier alpha value is -1.84. The van der Waals surface area contributed by atoms with Crippen molar-refractivity contribution in [1.82, 2.24) is 4.31 Å². The zero-order chi connectivity index (χ0) is 15.9. The van der Waals surface area contributed by atoms with Gasteiger partial charge in [0.15, 0.2) is 6.61 Å². The van der Waals surface area contributed by atoms with Crippen LogP contribution in [0.5, 0.6) is 11.5 Å². The van der Waals surface area contributed by atoms with E-state index in [0.29, 0.717) is 24.4 Å². The van der Waals surface area contributed by atoms with E-state index >= 15 is 0 Å². The maximum Gasteiger partial charge on any atom is 0.262 e. The lowest BCUT2D eigenvalue weighted by molar-refractivity contribution is -0.118. The molecule has 8 nitrogen and oxygen atoms in total. The van der Waals surface area contributed by atoms with Gasteiger partial charge in [0.2, 0.25) is 10.0 Å². The molecule has 0 saturated carbocycles. The van der Waals surface area contributed by atoms with E-state index in [1.807, 2.05) is 0 Å². The Kier molecular flexibility index (Phi) is 3.71. The molecule has 2 aliphatic heterocycles. The van der Waals surface area contributed by atoms with Crippen LogP contribution >= 0.6 is 0 Å². The molecule has 1 aromatic rings. The SMILES string of the molecule is COc1cc2c(cc1S(=O)(=O)N1CCC(N)C1)OCC(=O)N2. The lowest BCUT2D eigenvalue weighted by Crippen LogP contribution is -2.32. The van der Waals surface area contributed by atoms with Crippen molar-refractivity contribution >= 4 is 21.6 Å². The first-order valence-electron chi connectivity index (χ1n) is 6.82. The molecule has 1 atom stereocenters. The van der Waals surface area contributed by atoms with Gasteiger partial charge in [0, 0.05) is 31.3 Å². The van der Waals surface area contributed by atoms with E-state index in [1.54, 1.807) is 0 Å². The van der Waals surface area contributed by atoms with Gasteiger partial charge in [-0.1, -0.05) is 0 Å². The second-order valence-corrected chi connectivity index (χ2v) is 7.15. The summed E-state index contributed by atoms with van der Waals surface area (Å²) in [7, 11) is -2.35. The molecular weight excluding hydrogens is 310 g/mol. The number of nitrogens with one attached hydrogen (secondary N) is 1. The van der Waals surface area contributed by atoms with Crippen molar-refractivity contribution in [3.63, 3.8) is 0 Å². The summed E-state index contributed by atoms with van der Waals surface area (Å²) in [6.07, 6.45) is 0.624. The van der Waals surface area contributed by atoms with Crippen LogP contribution in [0.25, 0.3) is 0 Å². The summed E-state index contributed by atoms with van der Waals surface area (Å²) in [6.45, 7) is 0.509. The van der Waals surface area contributed by atoms with Crippen molar-refractivity contribution in [2.45, 2.75) is 17.4 Å². The monoisotopic (exact) mass is 327 g/mol. The lowest BCUT2D eigenvalue weighted by Gasteiger charge is -2.22. The third kappa shape index (κ3) is 2.51. The molecule has 0 bridgehead atoms. The first-order chi connectivity index (χ1) is 10.4. The minimum absolute atomic E-state index is 0.0130. The van der Waals surface area contributed by atoms with E-state index in [9.17, 15) is 13.2 Å². The predicted molar refractivity (Wildman–Crippen MR) is 78.5 cm³/mol. The van der Waals surface area contributed by atoms with Gasteiger partial charge in [-0.3, -0.25) is 4.79 Å². The molecule has 1 saturated heterocycles. The zero-order valence-electron chi connectivity index (χ0n) is 12.0. The van der Waals surface area contributed by atoms with Crippen molar-refractivity contribution < 1.29 is 22.7 Å². The fourth-order valence-corrected chi connectivity index (χ4v) is 4.22. The first kappa shape index (κ1) is 15.1. The zero-order valence-corrected chi connectivity index (χ0v) is 12.9. The molecule has 2 aliphatic rings. The van der Waals surface area contributed by atoms with Gasteiger partial charge in [-0.15, -0.1) is 0 Å². The van der Waals surface area contributed by atoms with E-state index in [0.717, 1.165) is 0 Å². The van der Waals surface area contributed by atoms with Gasteiger partial charge >= 0.3 is 0 Å². The molecule has 2 heterocycles. The van der Waals surface area contributed by atoms with Gasteiger partial charge in [-0.05, 0) is 6.42 Å². The molecule has 9 heteroatoms. The minimum atomic E-state index is -3.73. The van der Waals surface area contributed by atoms with Gasteiger partial charge in [0.1, 0.15) is 16.4 Å². The Morgan fingerprint density at radius 1 is 1.45 bits per heavy atom. The number of fused-ring (bicyclic) bond motifs is 1. The number of amides is 1. The average molecular weight is 327 g/mol. The Labute approximate surface area is 128 Å². The predicted octanol–water partition coefficient (Wildman–Crippen LogP) is -0.252. The van der Waals surface area contributed by atoms with Gasteiger partial charge in [0.05, 0.1) is 12.8 Å². The van der Waals surface area contributed by atoms with Crippen LogP contribution in [0.4, 0.5) is 5.69 Å². The summed E-state index contributed by atoms with van der Waals surface area (Å²) in [4.78, 5) is 11.3.